The van der Waals surface area contributed by atoms with Gasteiger partial charge in [-0.15, -0.1) is 0 Å². The first-order valence-electron chi connectivity index (χ1n) is 8.32. The summed E-state index contributed by atoms with van der Waals surface area (Å²) in [5.74, 6) is 0.583. The Morgan fingerprint density at radius 3 is 2.76 bits per heavy atom. The fourth-order valence-electron chi connectivity index (χ4n) is 3.43. The van der Waals surface area contributed by atoms with Crippen molar-refractivity contribution in [3.8, 4) is 0 Å². The highest BCUT2D eigenvalue weighted by atomic mass is 16.2. The zero-order chi connectivity index (χ0) is 15.2. The van der Waals surface area contributed by atoms with Crippen molar-refractivity contribution in [3.05, 3.63) is 35.4 Å². The smallest absolute Gasteiger partial charge is 0.231 e. The molecule has 0 spiro atoms. The number of rotatable bonds is 5. The van der Waals surface area contributed by atoms with Crippen LogP contribution in [0.5, 0.6) is 0 Å². The molecular formula is C18H29N2O+. The van der Waals surface area contributed by atoms with Crippen LogP contribution in [-0.4, -0.2) is 37.0 Å². The van der Waals surface area contributed by atoms with Crippen LogP contribution in [0.25, 0.3) is 0 Å². The van der Waals surface area contributed by atoms with E-state index in [4.69, 9.17) is 0 Å². The van der Waals surface area contributed by atoms with E-state index in [0.717, 1.165) is 32.6 Å². The van der Waals surface area contributed by atoms with Crippen LogP contribution in [0.1, 0.15) is 37.8 Å². The fraction of sp³-hybridized carbons (Fsp3) is 0.611. The number of aryl methyl sites for hydroxylation is 1. The zero-order valence-electron chi connectivity index (χ0n) is 13.7. The van der Waals surface area contributed by atoms with Crippen molar-refractivity contribution < 1.29 is 9.69 Å². The van der Waals surface area contributed by atoms with Gasteiger partial charge in [0, 0.05) is 18.7 Å². The highest BCUT2D eigenvalue weighted by molar-refractivity contribution is 5.78. The molecule has 21 heavy (non-hydrogen) atoms. The van der Waals surface area contributed by atoms with Gasteiger partial charge in [-0.2, -0.15) is 0 Å². The highest BCUT2D eigenvalue weighted by Crippen LogP contribution is 2.12. The topological polar surface area (TPSA) is 24.8 Å². The Kier molecular flexibility index (Phi) is 5.80. The lowest BCUT2D eigenvalue weighted by Crippen LogP contribution is -3.12. The third-order valence-electron chi connectivity index (χ3n) is 4.58. The molecule has 3 heteroatoms. The second kappa shape index (κ2) is 7.60. The third-order valence-corrected chi connectivity index (χ3v) is 4.58. The fourth-order valence-corrected chi connectivity index (χ4v) is 3.43. The van der Waals surface area contributed by atoms with Crippen LogP contribution in [0, 0.1) is 12.8 Å². The van der Waals surface area contributed by atoms with Crippen molar-refractivity contribution in [2.45, 2.75) is 40.2 Å². The molecule has 116 valence electrons. The van der Waals surface area contributed by atoms with Crippen LogP contribution in [-0.2, 0) is 11.3 Å². The molecule has 1 N–H and O–H groups in total. The van der Waals surface area contributed by atoms with Crippen molar-refractivity contribution in [2.75, 3.05) is 26.2 Å². The Balaban J connectivity index is 1.96. The second-order valence-electron chi connectivity index (χ2n) is 6.22. The first-order valence-corrected chi connectivity index (χ1v) is 8.32. The lowest BCUT2D eigenvalue weighted by molar-refractivity contribution is -0.921. The number of hydrogen-bond donors (Lipinski definition) is 1. The first kappa shape index (κ1) is 16.0. The Morgan fingerprint density at radius 2 is 2.10 bits per heavy atom. The van der Waals surface area contributed by atoms with E-state index in [1.165, 1.54) is 24.1 Å². The average Bonchev–Trinajstić information content (AvgIpc) is 2.48. The maximum atomic E-state index is 12.5. The summed E-state index contributed by atoms with van der Waals surface area (Å²) >= 11 is 0. The Hall–Kier alpha value is -1.35. The number of nitrogens with one attached hydrogen (secondary N) is 1. The van der Waals surface area contributed by atoms with Crippen LogP contribution >= 0.6 is 0 Å². The quantitative estimate of drug-likeness (QED) is 0.876. The van der Waals surface area contributed by atoms with Gasteiger partial charge in [0.25, 0.3) is 0 Å². The molecule has 2 atom stereocenters. The van der Waals surface area contributed by atoms with Crippen LogP contribution < -0.4 is 4.90 Å². The summed E-state index contributed by atoms with van der Waals surface area (Å²) in [6.07, 6.45) is 2.23. The minimum absolute atomic E-state index is 0.221. The van der Waals surface area contributed by atoms with Gasteiger partial charge < -0.3 is 9.80 Å². The largest absolute Gasteiger partial charge is 0.343 e. The highest BCUT2D eigenvalue weighted by Gasteiger charge is 2.30. The molecule has 1 heterocycles. The van der Waals surface area contributed by atoms with E-state index in [1.54, 1.807) is 4.90 Å². The summed E-state index contributed by atoms with van der Waals surface area (Å²) < 4.78 is 0. The van der Waals surface area contributed by atoms with Gasteiger partial charge in [-0.05, 0) is 33.6 Å². The minimum atomic E-state index is 0.221. The summed E-state index contributed by atoms with van der Waals surface area (Å²) in [4.78, 5) is 16.1. The van der Waals surface area contributed by atoms with Gasteiger partial charge in [-0.25, -0.2) is 0 Å². The molecular weight excluding hydrogens is 260 g/mol. The van der Waals surface area contributed by atoms with E-state index in [1.807, 2.05) is 4.90 Å². The molecule has 0 radical (unpaired) electrons. The number of likely N-dealkylation sites (tertiary alicyclic amines) is 1. The van der Waals surface area contributed by atoms with E-state index in [2.05, 4.69) is 45.0 Å². The number of amides is 1. The van der Waals surface area contributed by atoms with E-state index in [-0.39, 0.29) is 5.92 Å². The van der Waals surface area contributed by atoms with Crippen molar-refractivity contribution in [1.82, 2.24) is 4.90 Å². The lowest BCUT2D eigenvalue weighted by Gasteiger charge is -2.32. The number of piperidine rings is 1. The molecule has 1 aromatic carbocycles. The number of nitrogens with zero attached hydrogens (tertiary/aromatic N) is 1. The van der Waals surface area contributed by atoms with Gasteiger partial charge in [0.1, 0.15) is 6.54 Å². The Morgan fingerprint density at radius 1 is 1.33 bits per heavy atom. The summed E-state index contributed by atoms with van der Waals surface area (Å²) in [5, 5.41) is 0. The minimum Gasteiger partial charge on any atom is -0.343 e. The summed E-state index contributed by atoms with van der Waals surface area (Å²) in [6.45, 7) is 11.2. The Labute approximate surface area is 128 Å². The number of benzene rings is 1. The molecule has 1 aromatic rings. The molecule has 0 bridgehead atoms. The molecule has 1 saturated heterocycles. The molecule has 1 fully saturated rings. The second-order valence-corrected chi connectivity index (χ2v) is 6.22. The van der Waals surface area contributed by atoms with Crippen LogP contribution in [0.15, 0.2) is 24.3 Å². The van der Waals surface area contributed by atoms with Gasteiger partial charge >= 0.3 is 0 Å². The number of quaternary nitrogens is 1. The van der Waals surface area contributed by atoms with Crippen LogP contribution in [0.2, 0.25) is 0 Å². The molecule has 3 nitrogen and oxygen atoms in total. The molecule has 0 saturated carbocycles. The van der Waals surface area contributed by atoms with E-state index < -0.39 is 0 Å². The number of carbonyl (C=O) groups excluding carboxylic acids is 1. The van der Waals surface area contributed by atoms with Crippen molar-refractivity contribution in [1.29, 1.82) is 0 Å². The van der Waals surface area contributed by atoms with E-state index >= 15 is 0 Å². The molecule has 1 amide bonds. The van der Waals surface area contributed by atoms with Gasteiger partial charge in [-0.1, -0.05) is 29.8 Å². The predicted molar refractivity (Wildman–Crippen MR) is 86.2 cm³/mol. The maximum absolute atomic E-state index is 12.5. The normalized spacial score (nSPS) is 22.0. The van der Waals surface area contributed by atoms with E-state index in [0.29, 0.717) is 5.91 Å². The lowest BCUT2D eigenvalue weighted by atomic mass is 9.96. The first-order chi connectivity index (χ1) is 10.1. The third kappa shape index (κ3) is 4.31. The number of hydrogen-bond acceptors (Lipinski definition) is 1. The standard InChI is InChI=1S/C18H28N2O/c1-4-20(5-2)18(21)17-10-7-11-19(14-17)13-16-9-6-8-15(3)12-16/h6,8-9,12,17H,4-5,7,10-11,13-14H2,1-3H3/p+1/t17-/m0/s1. The van der Waals surface area contributed by atoms with E-state index in [9.17, 15) is 4.79 Å². The number of carbonyl (C=O) groups is 1. The molecule has 0 aliphatic carbocycles. The zero-order valence-corrected chi connectivity index (χ0v) is 13.7. The predicted octanol–water partition coefficient (Wildman–Crippen LogP) is 1.66. The van der Waals surface area contributed by atoms with Gasteiger partial charge in [0.05, 0.1) is 19.0 Å². The van der Waals surface area contributed by atoms with Crippen molar-refractivity contribution in [2.24, 2.45) is 5.92 Å². The van der Waals surface area contributed by atoms with Crippen molar-refractivity contribution in [3.63, 3.8) is 0 Å². The Bertz CT molecular complexity index is 468. The van der Waals surface area contributed by atoms with Crippen LogP contribution in [0.3, 0.4) is 0 Å². The van der Waals surface area contributed by atoms with Gasteiger partial charge in [-0.3, -0.25) is 4.79 Å². The van der Waals surface area contributed by atoms with Gasteiger partial charge in [0.2, 0.25) is 5.91 Å². The SMILES string of the molecule is CCN(CC)C(=O)[C@H]1CCC[NH+](Cc2cccc(C)c2)C1. The average molecular weight is 289 g/mol. The molecule has 0 aromatic heterocycles. The maximum Gasteiger partial charge on any atom is 0.231 e. The molecule has 2 rings (SSSR count). The summed E-state index contributed by atoms with van der Waals surface area (Å²) in [5.41, 5.74) is 2.71. The molecule has 1 unspecified atom stereocenters. The molecule has 1 aliphatic rings. The monoisotopic (exact) mass is 289 g/mol. The molecule has 1 aliphatic heterocycles. The van der Waals surface area contributed by atoms with Gasteiger partial charge in [0.15, 0.2) is 0 Å². The van der Waals surface area contributed by atoms with Crippen LogP contribution in [0.4, 0.5) is 0 Å². The van der Waals surface area contributed by atoms with Crippen molar-refractivity contribution >= 4 is 5.91 Å². The summed E-state index contributed by atoms with van der Waals surface area (Å²) in [6, 6.07) is 8.74. The summed E-state index contributed by atoms with van der Waals surface area (Å²) in [7, 11) is 0.